The van der Waals surface area contributed by atoms with Gasteiger partial charge >= 0.3 is 7.12 Å². The molecular formula is C16H17BO3. The van der Waals surface area contributed by atoms with Gasteiger partial charge in [-0.2, -0.15) is 0 Å². The van der Waals surface area contributed by atoms with Crippen LogP contribution in [-0.2, 0) is 0 Å². The summed E-state index contributed by atoms with van der Waals surface area (Å²) in [6, 6.07) is 13.3. The van der Waals surface area contributed by atoms with E-state index < -0.39 is 7.12 Å². The van der Waals surface area contributed by atoms with Crippen molar-refractivity contribution in [1.82, 2.24) is 0 Å². The average molecular weight is 268 g/mol. The predicted octanol–water partition coefficient (Wildman–Crippen LogP) is 1.85. The molecule has 0 aliphatic carbocycles. The van der Waals surface area contributed by atoms with Crippen LogP contribution in [0.5, 0.6) is 5.75 Å². The van der Waals surface area contributed by atoms with Gasteiger partial charge in [0.15, 0.2) is 0 Å². The van der Waals surface area contributed by atoms with Gasteiger partial charge in [0.1, 0.15) is 5.75 Å². The predicted molar refractivity (Wildman–Crippen MR) is 82.9 cm³/mol. The van der Waals surface area contributed by atoms with Gasteiger partial charge in [0.05, 0.1) is 7.11 Å². The minimum absolute atomic E-state index is 0.410. The van der Waals surface area contributed by atoms with Crippen molar-refractivity contribution in [1.29, 1.82) is 0 Å². The Hall–Kier alpha value is -2.04. The van der Waals surface area contributed by atoms with E-state index in [2.05, 4.69) is 0 Å². The fourth-order valence-electron chi connectivity index (χ4n) is 1.88. The minimum atomic E-state index is -1.50. The first-order valence-electron chi connectivity index (χ1n) is 6.38. The smallest absolute Gasteiger partial charge is 0.488 e. The molecule has 0 atom stereocenters. The molecule has 2 aromatic rings. The van der Waals surface area contributed by atoms with Crippen LogP contribution < -0.4 is 10.2 Å². The zero-order valence-corrected chi connectivity index (χ0v) is 11.6. The van der Waals surface area contributed by atoms with Gasteiger partial charge in [0.25, 0.3) is 0 Å². The van der Waals surface area contributed by atoms with Crippen molar-refractivity contribution in [2.45, 2.75) is 6.92 Å². The highest BCUT2D eigenvalue weighted by Crippen LogP contribution is 2.15. The third-order valence-electron chi connectivity index (χ3n) is 3.03. The number of aryl methyl sites for hydroxylation is 1. The summed E-state index contributed by atoms with van der Waals surface area (Å²) < 4.78 is 5.16. The van der Waals surface area contributed by atoms with E-state index >= 15 is 0 Å². The van der Waals surface area contributed by atoms with Crippen LogP contribution in [0.15, 0.2) is 42.5 Å². The van der Waals surface area contributed by atoms with Crippen molar-refractivity contribution in [3.8, 4) is 5.75 Å². The highest BCUT2D eigenvalue weighted by molar-refractivity contribution is 6.58. The Labute approximate surface area is 119 Å². The van der Waals surface area contributed by atoms with Gasteiger partial charge in [-0.25, -0.2) is 0 Å². The van der Waals surface area contributed by atoms with Crippen LogP contribution in [0.2, 0.25) is 0 Å². The van der Waals surface area contributed by atoms with Crippen molar-refractivity contribution in [3.05, 3.63) is 59.2 Å². The summed E-state index contributed by atoms with van der Waals surface area (Å²) >= 11 is 0. The van der Waals surface area contributed by atoms with Crippen molar-refractivity contribution in [2.75, 3.05) is 7.11 Å². The molecule has 0 bridgehead atoms. The fourth-order valence-corrected chi connectivity index (χ4v) is 1.88. The maximum atomic E-state index is 9.26. The summed E-state index contributed by atoms with van der Waals surface area (Å²) in [4.78, 5) is 0. The molecule has 0 unspecified atom stereocenters. The minimum Gasteiger partial charge on any atom is -0.497 e. The van der Waals surface area contributed by atoms with Gasteiger partial charge in [-0.15, -0.1) is 0 Å². The summed E-state index contributed by atoms with van der Waals surface area (Å²) in [6.45, 7) is 2.05. The van der Waals surface area contributed by atoms with E-state index in [0.717, 1.165) is 11.1 Å². The molecule has 3 nitrogen and oxygen atoms in total. The Bertz CT molecular complexity index is 604. The summed E-state index contributed by atoms with van der Waals surface area (Å²) in [6.07, 6.45) is 3.89. The normalized spacial score (nSPS) is 10.8. The molecule has 0 heterocycles. The second-order valence-electron chi connectivity index (χ2n) is 4.66. The van der Waals surface area contributed by atoms with Crippen LogP contribution in [-0.4, -0.2) is 24.3 Å². The van der Waals surface area contributed by atoms with Gasteiger partial charge < -0.3 is 14.8 Å². The standard InChI is InChI=1S/C16H17BO3/c1-12-3-5-13(6-4-12)7-8-14-9-15(17(18)19)11-16(10-14)20-2/h3-11,18-19H,1-2H3/b8-7+. The third kappa shape index (κ3) is 3.73. The molecule has 0 saturated carbocycles. The number of hydrogen-bond donors (Lipinski definition) is 2. The van der Waals surface area contributed by atoms with Crippen LogP contribution in [0.4, 0.5) is 0 Å². The molecule has 0 saturated heterocycles. The Kier molecular flexibility index (Phi) is 4.61. The van der Waals surface area contributed by atoms with E-state index in [4.69, 9.17) is 4.74 Å². The van der Waals surface area contributed by atoms with Crippen LogP contribution in [0.1, 0.15) is 16.7 Å². The molecule has 0 spiro atoms. The molecule has 0 radical (unpaired) electrons. The number of hydrogen-bond acceptors (Lipinski definition) is 3. The maximum Gasteiger partial charge on any atom is 0.488 e. The fraction of sp³-hybridized carbons (Fsp3) is 0.125. The van der Waals surface area contributed by atoms with E-state index in [1.807, 2.05) is 49.4 Å². The third-order valence-corrected chi connectivity index (χ3v) is 3.03. The zero-order valence-electron chi connectivity index (χ0n) is 11.6. The number of rotatable bonds is 4. The van der Waals surface area contributed by atoms with Crippen LogP contribution in [0.3, 0.4) is 0 Å². The molecule has 0 aromatic heterocycles. The lowest BCUT2D eigenvalue weighted by Gasteiger charge is -2.06. The van der Waals surface area contributed by atoms with Gasteiger partial charge in [0, 0.05) is 0 Å². The molecule has 0 amide bonds. The molecule has 0 aliphatic rings. The lowest BCUT2D eigenvalue weighted by atomic mass is 9.79. The van der Waals surface area contributed by atoms with Crippen molar-refractivity contribution < 1.29 is 14.8 Å². The van der Waals surface area contributed by atoms with E-state index in [1.54, 1.807) is 19.2 Å². The Balaban J connectivity index is 2.28. The number of methoxy groups -OCH3 is 1. The molecule has 102 valence electrons. The Morgan fingerprint density at radius 2 is 1.60 bits per heavy atom. The molecule has 0 fully saturated rings. The lowest BCUT2D eigenvalue weighted by molar-refractivity contribution is 0.412. The van der Waals surface area contributed by atoms with E-state index in [0.29, 0.717) is 11.2 Å². The quantitative estimate of drug-likeness (QED) is 0.657. The average Bonchev–Trinajstić information content (AvgIpc) is 2.46. The number of benzene rings is 2. The number of ether oxygens (including phenoxy) is 1. The first-order valence-corrected chi connectivity index (χ1v) is 6.38. The van der Waals surface area contributed by atoms with Gasteiger partial charge in [-0.05, 0) is 35.6 Å². The molecular weight excluding hydrogens is 251 g/mol. The molecule has 0 aliphatic heterocycles. The Morgan fingerprint density at radius 1 is 0.950 bits per heavy atom. The topological polar surface area (TPSA) is 49.7 Å². The molecule has 4 heteroatoms. The monoisotopic (exact) mass is 268 g/mol. The summed E-state index contributed by atoms with van der Waals surface area (Å²) in [5.74, 6) is 0.596. The first kappa shape index (κ1) is 14.4. The van der Waals surface area contributed by atoms with Gasteiger partial charge in [-0.3, -0.25) is 0 Å². The molecule has 2 rings (SSSR count). The summed E-state index contributed by atoms with van der Waals surface area (Å²) in [5, 5.41) is 18.5. The maximum absolute atomic E-state index is 9.26. The lowest BCUT2D eigenvalue weighted by Crippen LogP contribution is -2.29. The van der Waals surface area contributed by atoms with Gasteiger partial charge in [0.2, 0.25) is 0 Å². The van der Waals surface area contributed by atoms with E-state index in [9.17, 15) is 10.0 Å². The highest BCUT2D eigenvalue weighted by Gasteiger charge is 2.12. The van der Waals surface area contributed by atoms with Crippen molar-refractivity contribution in [3.63, 3.8) is 0 Å². The summed E-state index contributed by atoms with van der Waals surface area (Å²) in [7, 11) is 0.0488. The largest absolute Gasteiger partial charge is 0.497 e. The van der Waals surface area contributed by atoms with Crippen molar-refractivity contribution >= 4 is 24.7 Å². The second-order valence-corrected chi connectivity index (χ2v) is 4.66. The molecule has 20 heavy (non-hydrogen) atoms. The molecule has 2 N–H and O–H groups in total. The molecule has 2 aromatic carbocycles. The van der Waals surface area contributed by atoms with Crippen LogP contribution >= 0.6 is 0 Å². The van der Waals surface area contributed by atoms with Crippen LogP contribution in [0, 0.1) is 6.92 Å². The van der Waals surface area contributed by atoms with Gasteiger partial charge in [-0.1, -0.05) is 48.0 Å². The second kappa shape index (κ2) is 6.41. The van der Waals surface area contributed by atoms with Crippen LogP contribution in [0.25, 0.3) is 12.2 Å². The Morgan fingerprint density at radius 3 is 2.20 bits per heavy atom. The summed E-state index contributed by atoms with van der Waals surface area (Å²) in [5.41, 5.74) is 3.57. The van der Waals surface area contributed by atoms with E-state index in [1.165, 1.54) is 5.56 Å². The van der Waals surface area contributed by atoms with E-state index in [-0.39, 0.29) is 0 Å². The first-order chi connectivity index (χ1) is 9.58. The SMILES string of the molecule is COc1cc(/C=C/c2ccc(C)cc2)cc(B(O)O)c1. The van der Waals surface area contributed by atoms with Crippen molar-refractivity contribution in [2.24, 2.45) is 0 Å². The zero-order chi connectivity index (χ0) is 14.5. The highest BCUT2D eigenvalue weighted by atomic mass is 16.5.